The third-order valence-corrected chi connectivity index (χ3v) is 3.85. The van der Waals surface area contributed by atoms with E-state index in [9.17, 15) is 5.11 Å². The fourth-order valence-electron chi connectivity index (χ4n) is 2.61. The summed E-state index contributed by atoms with van der Waals surface area (Å²) in [5.74, 6) is 0. The van der Waals surface area contributed by atoms with E-state index in [1.807, 2.05) is 67.6 Å². The molecule has 0 aliphatic heterocycles. The zero-order valence-electron chi connectivity index (χ0n) is 11.5. The molecule has 20 heavy (non-hydrogen) atoms. The molecule has 2 heteroatoms. The van der Waals surface area contributed by atoms with Crippen molar-refractivity contribution in [1.29, 1.82) is 0 Å². The van der Waals surface area contributed by atoms with Gasteiger partial charge in [0.1, 0.15) is 5.60 Å². The van der Waals surface area contributed by atoms with Crippen molar-refractivity contribution in [2.24, 2.45) is 0 Å². The molecule has 3 rings (SSSR count). The Balaban J connectivity index is 2.16. The number of benzene rings is 2. The highest BCUT2D eigenvalue weighted by atomic mass is 16.3. The second-order valence-electron chi connectivity index (χ2n) is 4.99. The van der Waals surface area contributed by atoms with Gasteiger partial charge in [0.05, 0.1) is 5.52 Å². The highest BCUT2D eigenvalue weighted by molar-refractivity contribution is 5.79. The number of fused-ring (bicyclic) bond motifs is 1. The maximum absolute atomic E-state index is 11.1. The number of rotatable bonds is 3. The fraction of sp³-hybridized carbons (Fsp3) is 0.167. The Labute approximate surface area is 118 Å². The van der Waals surface area contributed by atoms with Gasteiger partial charge >= 0.3 is 0 Å². The maximum atomic E-state index is 11.1. The van der Waals surface area contributed by atoms with Gasteiger partial charge in [0.15, 0.2) is 0 Å². The molecule has 2 nitrogen and oxygen atoms in total. The molecule has 3 aromatic rings. The molecular weight excluding hydrogens is 246 g/mol. The van der Waals surface area contributed by atoms with Gasteiger partial charge in [0.2, 0.25) is 0 Å². The van der Waals surface area contributed by atoms with E-state index in [1.165, 1.54) is 0 Å². The van der Waals surface area contributed by atoms with Crippen molar-refractivity contribution < 1.29 is 5.11 Å². The SMILES string of the molecule is CCC(O)(c1ccccc1)c1ccc2cccnc2c1. The summed E-state index contributed by atoms with van der Waals surface area (Å²) in [6.45, 7) is 2.00. The lowest BCUT2D eigenvalue weighted by Gasteiger charge is -2.28. The standard InChI is InChI=1S/C18H17NO/c1-2-18(20,15-8-4-3-5-9-15)16-11-10-14-7-6-12-19-17(14)13-16/h3-13,20H,2H2,1H3. The van der Waals surface area contributed by atoms with Crippen molar-refractivity contribution in [3.05, 3.63) is 78.0 Å². The lowest BCUT2D eigenvalue weighted by molar-refractivity contribution is 0.0766. The molecule has 0 radical (unpaired) electrons. The van der Waals surface area contributed by atoms with Crippen LogP contribution >= 0.6 is 0 Å². The topological polar surface area (TPSA) is 33.1 Å². The first-order valence-electron chi connectivity index (χ1n) is 6.87. The third-order valence-electron chi connectivity index (χ3n) is 3.85. The van der Waals surface area contributed by atoms with Gasteiger partial charge in [-0.2, -0.15) is 0 Å². The van der Waals surface area contributed by atoms with Gasteiger partial charge in [0.25, 0.3) is 0 Å². The predicted octanol–water partition coefficient (Wildman–Crippen LogP) is 3.88. The molecule has 0 fully saturated rings. The van der Waals surface area contributed by atoms with E-state index < -0.39 is 5.60 Å². The molecule has 1 atom stereocenters. The third kappa shape index (κ3) is 2.08. The first kappa shape index (κ1) is 12.8. The van der Waals surface area contributed by atoms with Gasteiger partial charge in [0, 0.05) is 11.6 Å². The molecule has 0 saturated carbocycles. The van der Waals surface area contributed by atoms with Gasteiger partial charge in [-0.3, -0.25) is 4.98 Å². The molecule has 1 aromatic heterocycles. The molecule has 1 heterocycles. The lowest BCUT2D eigenvalue weighted by atomic mass is 9.84. The molecule has 0 spiro atoms. The van der Waals surface area contributed by atoms with Crippen molar-refractivity contribution in [3.8, 4) is 0 Å². The average Bonchev–Trinajstić information content (AvgIpc) is 2.54. The largest absolute Gasteiger partial charge is 0.380 e. The average molecular weight is 263 g/mol. The second kappa shape index (κ2) is 5.06. The number of aliphatic hydroxyl groups is 1. The number of pyridine rings is 1. The normalized spacial score (nSPS) is 14.1. The minimum atomic E-state index is -0.965. The van der Waals surface area contributed by atoms with E-state index in [2.05, 4.69) is 4.98 Å². The van der Waals surface area contributed by atoms with Crippen LogP contribution in [0.2, 0.25) is 0 Å². The number of nitrogens with zero attached hydrogens (tertiary/aromatic N) is 1. The molecule has 0 bridgehead atoms. The maximum Gasteiger partial charge on any atom is 0.114 e. The Kier molecular flexibility index (Phi) is 3.25. The molecule has 100 valence electrons. The zero-order valence-corrected chi connectivity index (χ0v) is 11.5. The fourth-order valence-corrected chi connectivity index (χ4v) is 2.61. The summed E-state index contributed by atoms with van der Waals surface area (Å²) in [5.41, 5.74) is 1.75. The van der Waals surface area contributed by atoms with E-state index in [0.29, 0.717) is 6.42 Å². The Morgan fingerprint density at radius 1 is 0.950 bits per heavy atom. The van der Waals surface area contributed by atoms with Crippen LogP contribution in [0, 0.1) is 0 Å². The molecule has 0 aliphatic carbocycles. The first-order chi connectivity index (χ1) is 9.74. The van der Waals surface area contributed by atoms with E-state index in [1.54, 1.807) is 6.20 Å². The van der Waals surface area contributed by atoms with Crippen molar-refractivity contribution in [2.45, 2.75) is 18.9 Å². The highest BCUT2D eigenvalue weighted by Crippen LogP contribution is 2.33. The van der Waals surface area contributed by atoms with Crippen molar-refractivity contribution in [3.63, 3.8) is 0 Å². The minimum Gasteiger partial charge on any atom is -0.380 e. The van der Waals surface area contributed by atoms with Crippen LogP contribution in [-0.2, 0) is 5.60 Å². The van der Waals surface area contributed by atoms with Gasteiger partial charge in [-0.15, -0.1) is 0 Å². The van der Waals surface area contributed by atoms with Crippen molar-refractivity contribution >= 4 is 10.9 Å². The minimum absolute atomic E-state index is 0.620. The molecule has 2 aromatic carbocycles. The Morgan fingerprint density at radius 2 is 1.75 bits per heavy atom. The van der Waals surface area contributed by atoms with E-state index in [0.717, 1.165) is 22.0 Å². The summed E-state index contributed by atoms with van der Waals surface area (Å²) in [6, 6.07) is 19.7. The predicted molar refractivity (Wildman–Crippen MR) is 81.5 cm³/mol. The van der Waals surface area contributed by atoms with Crippen LogP contribution in [0.5, 0.6) is 0 Å². The lowest BCUT2D eigenvalue weighted by Crippen LogP contribution is -2.26. The van der Waals surface area contributed by atoms with Crippen LogP contribution in [0.3, 0.4) is 0 Å². The van der Waals surface area contributed by atoms with Gasteiger partial charge in [-0.25, -0.2) is 0 Å². The summed E-state index contributed by atoms with van der Waals surface area (Å²) in [5, 5.41) is 12.2. The van der Waals surface area contributed by atoms with Crippen LogP contribution in [0.1, 0.15) is 24.5 Å². The molecule has 0 aliphatic rings. The van der Waals surface area contributed by atoms with Crippen molar-refractivity contribution in [1.82, 2.24) is 4.98 Å². The van der Waals surface area contributed by atoms with E-state index in [4.69, 9.17) is 0 Å². The molecule has 0 saturated heterocycles. The molecule has 1 unspecified atom stereocenters. The Morgan fingerprint density at radius 3 is 2.50 bits per heavy atom. The van der Waals surface area contributed by atoms with E-state index >= 15 is 0 Å². The zero-order chi connectivity index (χ0) is 14.0. The number of aromatic nitrogens is 1. The van der Waals surface area contributed by atoms with Gasteiger partial charge < -0.3 is 5.11 Å². The molecule has 0 amide bonds. The molecule has 1 N–H and O–H groups in total. The van der Waals surface area contributed by atoms with Crippen molar-refractivity contribution in [2.75, 3.05) is 0 Å². The quantitative estimate of drug-likeness (QED) is 0.778. The summed E-state index contributed by atoms with van der Waals surface area (Å²) in [4.78, 5) is 4.37. The summed E-state index contributed by atoms with van der Waals surface area (Å²) in [6.07, 6.45) is 2.40. The Hall–Kier alpha value is -2.19. The second-order valence-corrected chi connectivity index (χ2v) is 4.99. The van der Waals surface area contributed by atoms with Crippen LogP contribution in [-0.4, -0.2) is 10.1 Å². The summed E-state index contributed by atoms with van der Waals surface area (Å²) in [7, 11) is 0. The van der Waals surface area contributed by atoms with E-state index in [-0.39, 0.29) is 0 Å². The van der Waals surface area contributed by atoms with Crippen LogP contribution in [0.15, 0.2) is 66.9 Å². The van der Waals surface area contributed by atoms with Gasteiger partial charge in [-0.1, -0.05) is 55.5 Å². The van der Waals surface area contributed by atoms with Crippen LogP contribution in [0.4, 0.5) is 0 Å². The van der Waals surface area contributed by atoms with Gasteiger partial charge in [-0.05, 0) is 29.7 Å². The van der Waals surface area contributed by atoms with Crippen LogP contribution < -0.4 is 0 Å². The number of hydrogen-bond donors (Lipinski definition) is 1. The number of hydrogen-bond acceptors (Lipinski definition) is 2. The molecular formula is C18H17NO. The monoisotopic (exact) mass is 263 g/mol. The first-order valence-corrected chi connectivity index (χ1v) is 6.87. The highest BCUT2D eigenvalue weighted by Gasteiger charge is 2.29. The summed E-state index contributed by atoms with van der Waals surface area (Å²) < 4.78 is 0. The summed E-state index contributed by atoms with van der Waals surface area (Å²) >= 11 is 0. The Bertz CT molecular complexity index is 724. The smallest absolute Gasteiger partial charge is 0.114 e. The van der Waals surface area contributed by atoms with Crippen LogP contribution in [0.25, 0.3) is 10.9 Å².